The van der Waals surface area contributed by atoms with Crippen molar-refractivity contribution >= 4 is 29.2 Å². The summed E-state index contributed by atoms with van der Waals surface area (Å²) in [7, 11) is 0. The quantitative estimate of drug-likeness (QED) is 0.766. The molecule has 1 aromatic rings. The monoisotopic (exact) mass is 268 g/mol. The predicted octanol–water partition coefficient (Wildman–Crippen LogP) is 0.279. The fraction of sp³-hybridized carbons (Fsp3) is 0.364. The molecule has 0 saturated carbocycles. The zero-order valence-corrected chi connectivity index (χ0v) is 10.4. The van der Waals surface area contributed by atoms with E-state index in [2.05, 4.69) is 10.3 Å². The van der Waals surface area contributed by atoms with Crippen LogP contribution in [0.2, 0.25) is 5.02 Å². The molecule has 2 amide bonds. The summed E-state index contributed by atoms with van der Waals surface area (Å²) in [5.74, 6) is -0.0411. The number of nitrogens with zero attached hydrogens (tertiary/aromatic N) is 2. The topological polar surface area (TPSA) is 88.3 Å². The van der Waals surface area contributed by atoms with Gasteiger partial charge in [-0.05, 0) is 6.07 Å². The van der Waals surface area contributed by atoms with Gasteiger partial charge in [-0.1, -0.05) is 11.6 Å². The molecule has 18 heavy (non-hydrogen) atoms. The number of nitrogen functional groups attached to an aromatic ring is 1. The van der Waals surface area contributed by atoms with Gasteiger partial charge in [-0.2, -0.15) is 0 Å². The van der Waals surface area contributed by atoms with Crippen LogP contribution in [0.5, 0.6) is 0 Å². The Balaban J connectivity index is 2.14. The second-order valence-corrected chi connectivity index (χ2v) is 4.39. The van der Waals surface area contributed by atoms with E-state index >= 15 is 0 Å². The number of hydrogen-bond donors (Lipinski definition) is 2. The zero-order chi connectivity index (χ0) is 13.1. The molecule has 7 heteroatoms. The number of rotatable bonds is 1. The van der Waals surface area contributed by atoms with E-state index in [1.807, 2.05) is 0 Å². The Kier molecular flexibility index (Phi) is 3.66. The van der Waals surface area contributed by atoms with Gasteiger partial charge in [-0.25, -0.2) is 4.98 Å². The van der Waals surface area contributed by atoms with E-state index in [1.165, 1.54) is 12.3 Å². The number of nitrogens with one attached hydrogen (secondary N) is 1. The number of hydrogen-bond acceptors (Lipinski definition) is 4. The molecular formula is C11H13ClN4O2. The largest absolute Gasteiger partial charge is 0.382 e. The number of anilines is 1. The standard InChI is InChI=1S/C11H13ClN4O2/c12-8-5-7(6-15-10(8)13)11(18)16-3-1-9(17)14-2-4-16/h5-6H,1-4H2,(H2,13,15)(H,14,17). The van der Waals surface area contributed by atoms with Crippen LogP contribution in [0.25, 0.3) is 0 Å². The molecule has 96 valence electrons. The second-order valence-electron chi connectivity index (χ2n) is 3.98. The second kappa shape index (κ2) is 5.22. The Labute approximate surface area is 109 Å². The average molecular weight is 269 g/mol. The van der Waals surface area contributed by atoms with Crippen LogP contribution in [0, 0.1) is 0 Å². The summed E-state index contributed by atoms with van der Waals surface area (Å²) in [4.78, 5) is 28.8. The third-order valence-corrected chi connectivity index (χ3v) is 3.02. The lowest BCUT2D eigenvalue weighted by Gasteiger charge is -2.19. The molecule has 0 aromatic carbocycles. The van der Waals surface area contributed by atoms with Crippen LogP contribution in [0.15, 0.2) is 12.3 Å². The minimum Gasteiger partial charge on any atom is -0.382 e. The van der Waals surface area contributed by atoms with Crippen LogP contribution < -0.4 is 11.1 Å². The normalized spacial score (nSPS) is 16.1. The molecule has 0 aliphatic carbocycles. The van der Waals surface area contributed by atoms with Crippen molar-refractivity contribution in [3.63, 3.8) is 0 Å². The van der Waals surface area contributed by atoms with Gasteiger partial charge in [-0.3, -0.25) is 9.59 Å². The highest BCUT2D eigenvalue weighted by Crippen LogP contribution is 2.18. The fourth-order valence-corrected chi connectivity index (χ4v) is 1.88. The molecule has 0 spiro atoms. The Hall–Kier alpha value is -1.82. The van der Waals surface area contributed by atoms with Gasteiger partial charge in [-0.15, -0.1) is 0 Å². The number of aromatic nitrogens is 1. The lowest BCUT2D eigenvalue weighted by Crippen LogP contribution is -2.34. The first-order valence-corrected chi connectivity index (χ1v) is 5.92. The predicted molar refractivity (Wildman–Crippen MR) is 67.2 cm³/mol. The molecule has 2 rings (SSSR count). The lowest BCUT2D eigenvalue weighted by atomic mass is 10.2. The summed E-state index contributed by atoms with van der Waals surface area (Å²) in [5.41, 5.74) is 5.87. The summed E-state index contributed by atoms with van der Waals surface area (Å²) in [6.07, 6.45) is 1.70. The summed E-state index contributed by atoms with van der Waals surface area (Å²) in [6, 6.07) is 1.49. The van der Waals surface area contributed by atoms with Crippen molar-refractivity contribution in [1.29, 1.82) is 0 Å². The van der Waals surface area contributed by atoms with Crippen molar-refractivity contribution in [3.8, 4) is 0 Å². The van der Waals surface area contributed by atoms with Crippen LogP contribution in [-0.2, 0) is 4.79 Å². The van der Waals surface area contributed by atoms with Crippen molar-refractivity contribution < 1.29 is 9.59 Å². The van der Waals surface area contributed by atoms with Crippen molar-refractivity contribution in [2.45, 2.75) is 6.42 Å². The zero-order valence-electron chi connectivity index (χ0n) is 9.65. The van der Waals surface area contributed by atoms with E-state index in [-0.39, 0.29) is 22.7 Å². The van der Waals surface area contributed by atoms with Gasteiger partial charge in [0.1, 0.15) is 5.82 Å². The highest BCUT2D eigenvalue weighted by molar-refractivity contribution is 6.33. The van der Waals surface area contributed by atoms with Crippen LogP contribution in [0.4, 0.5) is 5.82 Å². The van der Waals surface area contributed by atoms with Gasteiger partial charge >= 0.3 is 0 Å². The van der Waals surface area contributed by atoms with E-state index < -0.39 is 0 Å². The Bertz CT molecular complexity index is 492. The number of carbonyl (C=O) groups is 2. The van der Waals surface area contributed by atoms with Gasteiger partial charge < -0.3 is 16.0 Å². The number of carbonyl (C=O) groups excluding carboxylic acids is 2. The highest BCUT2D eigenvalue weighted by atomic mass is 35.5. The van der Waals surface area contributed by atoms with Gasteiger partial charge in [0.25, 0.3) is 5.91 Å². The minimum absolute atomic E-state index is 0.0428. The third-order valence-electron chi connectivity index (χ3n) is 2.72. The van der Waals surface area contributed by atoms with Gasteiger partial charge in [0, 0.05) is 32.3 Å². The van der Waals surface area contributed by atoms with E-state index in [0.717, 1.165) is 0 Å². The number of amides is 2. The first-order valence-electron chi connectivity index (χ1n) is 5.55. The Morgan fingerprint density at radius 3 is 3.00 bits per heavy atom. The maximum absolute atomic E-state index is 12.2. The maximum Gasteiger partial charge on any atom is 0.255 e. The minimum atomic E-state index is -0.194. The molecular weight excluding hydrogens is 256 g/mol. The number of halogens is 1. The van der Waals surface area contributed by atoms with Gasteiger partial charge in [0.15, 0.2) is 0 Å². The molecule has 1 saturated heterocycles. The van der Waals surface area contributed by atoms with Gasteiger partial charge in [0.05, 0.1) is 10.6 Å². The smallest absolute Gasteiger partial charge is 0.255 e. The number of pyridine rings is 1. The van der Waals surface area contributed by atoms with Crippen LogP contribution in [0.3, 0.4) is 0 Å². The summed E-state index contributed by atoms with van der Waals surface area (Å²) >= 11 is 5.83. The maximum atomic E-state index is 12.2. The fourth-order valence-electron chi connectivity index (χ4n) is 1.72. The molecule has 0 radical (unpaired) electrons. The Morgan fingerprint density at radius 2 is 2.28 bits per heavy atom. The summed E-state index contributed by atoms with van der Waals surface area (Å²) < 4.78 is 0. The van der Waals surface area contributed by atoms with Crippen molar-refractivity contribution in [1.82, 2.24) is 15.2 Å². The molecule has 1 aliphatic rings. The van der Waals surface area contributed by atoms with E-state index in [9.17, 15) is 9.59 Å². The van der Waals surface area contributed by atoms with E-state index in [0.29, 0.717) is 31.6 Å². The van der Waals surface area contributed by atoms with E-state index in [1.54, 1.807) is 4.90 Å². The summed E-state index contributed by atoms with van der Waals surface area (Å²) in [5, 5.41) is 2.96. The molecule has 6 nitrogen and oxygen atoms in total. The van der Waals surface area contributed by atoms with Gasteiger partial charge in [0.2, 0.25) is 5.91 Å². The molecule has 1 aliphatic heterocycles. The van der Waals surface area contributed by atoms with E-state index in [4.69, 9.17) is 17.3 Å². The lowest BCUT2D eigenvalue weighted by molar-refractivity contribution is -0.120. The molecule has 1 fully saturated rings. The summed E-state index contributed by atoms with van der Waals surface area (Å²) in [6.45, 7) is 1.33. The third kappa shape index (κ3) is 2.70. The Morgan fingerprint density at radius 1 is 1.50 bits per heavy atom. The first-order chi connectivity index (χ1) is 8.58. The van der Waals surface area contributed by atoms with Crippen molar-refractivity contribution in [3.05, 3.63) is 22.8 Å². The highest BCUT2D eigenvalue weighted by Gasteiger charge is 2.20. The molecule has 2 heterocycles. The molecule has 1 aromatic heterocycles. The van der Waals surface area contributed by atoms with Crippen LogP contribution in [0.1, 0.15) is 16.8 Å². The van der Waals surface area contributed by atoms with Crippen LogP contribution >= 0.6 is 11.6 Å². The number of nitrogens with two attached hydrogens (primary N) is 1. The molecule has 0 unspecified atom stereocenters. The molecule has 0 atom stereocenters. The average Bonchev–Trinajstić information content (AvgIpc) is 2.57. The first kappa shape index (κ1) is 12.6. The van der Waals surface area contributed by atoms with Crippen molar-refractivity contribution in [2.24, 2.45) is 0 Å². The molecule has 3 N–H and O–H groups in total. The SMILES string of the molecule is Nc1ncc(C(=O)N2CCNC(=O)CC2)cc1Cl. The van der Waals surface area contributed by atoms with Crippen LogP contribution in [-0.4, -0.2) is 41.3 Å². The molecule has 0 bridgehead atoms. The van der Waals surface area contributed by atoms with Crippen molar-refractivity contribution in [2.75, 3.05) is 25.4 Å².